The molecule has 2 atom stereocenters. The Morgan fingerprint density at radius 3 is 1.84 bits per heavy atom. The van der Waals surface area contributed by atoms with Gasteiger partial charge in [0.05, 0.1) is 36.3 Å². The first-order chi connectivity index (χ1) is 26.1. The van der Waals surface area contributed by atoms with Crippen LogP contribution in [0.25, 0.3) is 17.3 Å². The van der Waals surface area contributed by atoms with Gasteiger partial charge < -0.3 is 20.4 Å². The molecule has 1 heterocycles. The van der Waals surface area contributed by atoms with Crippen LogP contribution in [0.1, 0.15) is 102 Å². The Morgan fingerprint density at radius 2 is 1.36 bits per heavy atom. The molecular formula is C42H58FN3O8S. The fourth-order valence-electron chi connectivity index (χ4n) is 4.79. The van der Waals surface area contributed by atoms with Crippen LogP contribution in [-0.4, -0.2) is 76.3 Å². The molecule has 0 saturated carbocycles. The molecule has 0 aliphatic heterocycles. The lowest BCUT2D eigenvalue weighted by atomic mass is 9.97. The van der Waals surface area contributed by atoms with E-state index in [0.29, 0.717) is 22.5 Å². The van der Waals surface area contributed by atoms with Gasteiger partial charge in [0.1, 0.15) is 5.82 Å². The molecule has 302 valence electrons. The molecule has 0 unspecified atom stereocenters. The van der Waals surface area contributed by atoms with Crippen LogP contribution in [0, 0.1) is 5.82 Å². The number of aromatic nitrogens is 2. The number of sulfonamides is 1. The fraction of sp³-hybridized carbons (Fsp3) is 0.429. The molecule has 11 nitrogen and oxygen atoms in total. The van der Waals surface area contributed by atoms with Crippen molar-refractivity contribution in [2.75, 3.05) is 17.6 Å². The van der Waals surface area contributed by atoms with Crippen molar-refractivity contribution in [2.45, 2.75) is 103 Å². The largest absolute Gasteiger partial charge is 0.481 e. The van der Waals surface area contributed by atoms with Crippen LogP contribution in [0.5, 0.6) is 0 Å². The number of allylic oxidation sites excluding steroid dienone is 10. The molecule has 2 aromatic rings. The third-order valence-electron chi connectivity index (χ3n) is 7.73. The first-order valence-corrected chi connectivity index (χ1v) is 20.3. The average molecular weight is 784 g/mol. The van der Waals surface area contributed by atoms with Gasteiger partial charge in [0.25, 0.3) is 0 Å². The van der Waals surface area contributed by atoms with Crippen molar-refractivity contribution in [3.63, 3.8) is 0 Å². The number of nitrogens with zero attached hydrogens (tertiary/aromatic N) is 3. The van der Waals surface area contributed by atoms with Gasteiger partial charge in [-0.25, -0.2) is 27.1 Å². The van der Waals surface area contributed by atoms with E-state index in [9.17, 15) is 32.6 Å². The quantitative estimate of drug-likeness (QED) is 0.0632. The van der Waals surface area contributed by atoms with Crippen LogP contribution in [0.2, 0.25) is 0 Å². The summed E-state index contributed by atoms with van der Waals surface area (Å²) in [4.78, 5) is 29.9. The minimum absolute atomic E-state index is 0.0601. The van der Waals surface area contributed by atoms with Crippen LogP contribution in [0.3, 0.4) is 0 Å². The molecule has 0 aliphatic carbocycles. The summed E-state index contributed by atoms with van der Waals surface area (Å²) in [7, 11) is -2.33. The van der Waals surface area contributed by atoms with Crippen LogP contribution in [0.15, 0.2) is 91.1 Å². The van der Waals surface area contributed by atoms with E-state index in [1.165, 1.54) is 43.5 Å². The maximum Gasteiger partial charge on any atom is 0.305 e. The van der Waals surface area contributed by atoms with Gasteiger partial charge in [0, 0.05) is 31.0 Å². The van der Waals surface area contributed by atoms with Crippen LogP contribution in [0.4, 0.5) is 10.3 Å². The Morgan fingerprint density at radius 1 is 0.836 bits per heavy atom. The molecule has 0 amide bonds. The number of unbranched alkanes of at least 4 members (excludes halogenated alkanes) is 1. The number of carboxylic acids is 2. The summed E-state index contributed by atoms with van der Waals surface area (Å²) < 4.78 is 38.6. The number of carbonyl (C=O) groups is 2. The number of carboxylic acid groups (broad SMARTS) is 2. The van der Waals surface area contributed by atoms with Gasteiger partial charge in [-0.15, -0.1) is 0 Å². The molecule has 2 rings (SSSR count). The van der Waals surface area contributed by atoms with Crippen molar-refractivity contribution in [1.29, 1.82) is 0 Å². The van der Waals surface area contributed by atoms with Gasteiger partial charge in [-0.1, -0.05) is 93.7 Å². The molecule has 0 saturated heterocycles. The van der Waals surface area contributed by atoms with Crippen LogP contribution < -0.4 is 4.31 Å². The monoisotopic (exact) mass is 783 g/mol. The highest BCUT2D eigenvalue weighted by Crippen LogP contribution is 2.31. The highest BCUT2D eigenvalue weighted by molar-refractivity contribution is 7.92. The van der Waals surface area contributed by atoms with E-state index in [2.05, 4.69) is 77.7 Å². The number of anilines is 1. The minimum atomic E-state index is -3.65. The van der Waals surface area contributed by atoms with E-state index in [0.717, 1.165) is 55.5 Å². The Hall–Kier alpha value is -4.72. The van der Waals surface area contributed by atoms with Crippen LogP contribution in [-0.2, 0) is 19.6 Å². The number of hydrogen-bond donors (Lipinski definition) is 4. The second-order valence-electron chi connectivity index (χ2n) is 13.0. The van der Waals surface area contributed by atoms with Crippen molar-refractivity contribution in [3.05, 3.63) is 108 Å². The van der Waals surface area contributed by atoms with Gasteiger partial charge in [-0.05, 0) is 75.1 Å². The number of halogens is 1. The lowest BCUT2D eigenvalue weighted by molar-refractivity contribution is -0.139. The Bertz CT molecular complexity index is 1750. The third-order valence-corrected chi connectivity index (χ3v) is 8.89. The van der Waals surface area contributed by atoms with Crippen molar-refractivity contribution in [3.8, 4) is 11.3 Å². The van der Waals surface area contributed by atoms with Gasteiger partial charge in [-0.2, -0.15) is 0 Å². The van der Waals surface area contributed by atoms with E-state index in [-0.39, 0.29) is 24.7 Å². The van der Waals surface area contributed by atoms with E-state index in [4.69, 9.17) is 10.2 Å². The zero-order valence-electron chi connectivity index (χ0n) is 32.6. The lowest BCUT2D eigenvalue weighted by Gasteiger charge is -2.20. The molecule has 1 aromatic heterocycles. The van der Waals surface area contributed by atoms with Crippen molar-refractivity contribution in [2.24, 2.45) is 0 Å². The first kappa shape index (κ1) is 48.3. The van der Waals surface area contributed by atoms with E-state index < -0.39 is 46.4 Å². The lowest BCUT2D eigenvalue weighted by Crippen LogP contribution is -2.27. The normalized spacial score (nSPS) is 13.5. The summed E-state index contributed by atoms with van der Waals surface area (Å²) in [5.74, 6) is -2.58. The smallest absolute Gasteiger partial charge is 0.305 e. The van der Waals surface area contributed by atoms with E-state index in [1.807, 2.05) is 13.8 Å². The highest BCUT2D eigenvalue weighted by atomic mass is 32.2. The van der Waals surface area contributed by atoms with Gasteiger partial charge >= 0.3 is 11.9 Å². The number of benzene rings is 1. The summed E-state index contributed by atoms with van der Waals surface area (Å²) in [5.41, 5.74) is 1.80. The molecule has 0 aliphatic rings. The molecule has 4 N–H and O–H groups in total. The van der Waals surface area contributed by atoms with E-state index >= 15 is 0 Å². The molecule has 55 heavy (non-hydrogen) atoms. The topological polar surface area (TPSA) is 178 Å². The summed E-state index contributed by atoms with van der Waals surface area (Å²) in [6.07, 6.45) is 29.3. The summed E-state index contributed by atoms with van der Waals surface area (Å²) >= 11 is 0. The number of hydrogen-bond acceptors (Lipinski definition) is 8. The molecule has 1 aromatic carbocycles. The molecular weight excluding hydrogens is 726 g/mol. The molecule has 0 spiro atoms. The summed E-state index contributed by atoms with van der Waals surface area (Å²) in [5, 5.41) is 37.3. The number of aliphatic carboxylic acids is 2. The molecule has 0 fully saturated rings. The maximum absolute atomic E-state index is 13.5. The number of aliphatic hydroxyl groups excluding tert-OH is 2. The highest BCUT2D eigenvalue weighted by Gasteiger charge is 2.22. The summed E-state index contributed by atoms with van der Waals surface area (Å²) in [6.45, 7) is 5.85. The molecule has 0 radical (unpaired) electrons. The van der Waals surface area contributed by atoms with Crippen LogP contribution >= 0.6 is 0 Å². The predicted molar refractivity (Wildman–Crippen MR) is 219 cm³/mol. The Balaban J connectivity index is 0.000000600. The zero-order chi connectivity index (χ0) is 41.2. The second kappa shape index (κ2) is 27.0. The van der Waals surface area contributed by atoms with E-state index in [1.54, 1.807) is 0 Å². The number of aliphatic hydroxyl groups is 2. The first-order valence-electron chi connectivity index (χ1n) is 18.4. The van der Waals surface area contributed by atoms with Crippen molar-refractivity contribution >= 4 is 34.0 Å². The minimum Gasteiger partial charge on any atom is -0.481 e. The molecule has 0 bridgehead atoms. The van der Waals surface area contributed by atoms with Gasteiger partial charge in [0.15, 0.2) is 0 Å². The third kappa shape index (κ3) is 21.7. The SMILES string of the molecule is CC(C)c1nc(N(C)S(C)(=O)=O)nc(-c2ccc(F)cc2)c1/C=C/[C@@H](O)C[C@@H](O)CC(=O)O.CC/C=C\C/C=C\C/C=C\C/C=C\C/C=C\CCCC(=O)O. The standard InChI is InChI=1S/C22H28FN3O6S.C20H30O2/c1-13(2)20-18(10-9-16(27)11-17(28)12-19(29)30)21(14-5-7-15(23)8-6-14)25-22(24-20)26(3)33(4,31)32;1-2-3-4-5-6-7-8-9-10-11-12-13-14-15-16-17-18-19-20(21)22/h5-10,13,16-17,27-28H,11-12H2,1-4H3,(H,29,30);3-4,6-7,9-10,12-13,15-16H,2,5,8,11,14,17-19H2,1H3,(H,21,22)/b10-9+;4-3-,7-6-,10-9-,13-12-,16-15-/t16-,17-;/m1./s1. The predicted octanol–water partition coefficient (Wildman–Crippen LogP) is 8.39. The second-order valence-corrected chi connectivity index (χ2v) is 15.0. The zero-order valence-corrected chi connectivity index (χ0v) is 33.4. The Kier molecular flexibility index (Phi) is 23.7. The maximum atomic E-state index is 13.5. The van der Waals surface area contributed by atoms with Crippen molar-refractivity contribution < 1.29 is 42.8 Å². The average Bonchev–Trinajstić information content (AvgIpc) is 3.11. The summed E-state index contributed by atoms with van der Waals surface area (Å²) in [6, 6.07) is 5.49. The molecule has 13 heteroatoms. The number of rotatable bonds is 23. The van der Waals surface area contributed by atoms with Gasteiger partial charge in [0.2, 0.25) is 16.0 Å². The Labute approximate surface area is 326 Å². The van der Waals surface area contributed by atoms with Gasteiger partial charge in [-0.3, -0.25) is 9.59 Å². The fourth-order valence-corrected chi connectivity index (χ4v) is 5.16. The van der Waals surface area contributed by atoms with Crippen molar-refractivity contribution in [1.82, 2.24) is 9.97 Å².